The monoisotopic (exact) mass is 409 g/mol. The maximum absolute atomic E-state index is 12.7. The van der Waals surface area contributed by atoms with Crippen LogP contribution in [0, 0.1) is 0 Å². The number of methoxy groups -OCH3 is 2. The van der Waals surface area contributed by atoms with Crippen molar-refractivity contribution in [3.8, 4) is 17.1 Å². The van der Waals surface area contributed by atoms with Crippen LogP contribution in [0.25, 0.3) is 21.5 Å². The summed E-state index contributed by atoms with van der Waals surface area (Å²) < 4.78 is 18.8. The molecular formula is C21H19N3O4S. The fourth-order valence-corrected chi connectivity index (χ4v) is 4.01. The van der Waals surface area contributed by atoms with Gasteiger partial charge in [0.25, 0.3) is 0 Å². The first kappa shape index (κ1) is 19.1. The van der Waals surface area contributed by atoms with Gasteiger partial charge in [-0.15, -0.1) is 0 Å². The second-order valence-corrected chi connectivity index (χ2v) is 7.23. The summed E-state index contributed by atoms with van der Waals surface area (Å²) >= 11 is 1.41. The number of aromatic nitrogens is 2. The van der Waals surface area contributed by atoms with Crippen molar-refractivity contribution in [3.05, 3.63) is 65.1 Å². The van der Waals surface area contributed by atoms with Gasteiger partial charge in [0.15, 0.2) is 16.3 Å². The Kier molecular flexibility index (Phi) is 5.55. The number of rotatable bonds is 6. The van der Waals surface area contributed by atoms with Gasteiger partial charge in [0, 0.05) is 25.3 Å². The Morgan fingerprint density at radius 2 is 2.00 bits per heavy atom. The molecule has 4 aromatic rings. The molecule has 0 spiro atoms. The summed E-state index contributed by atoms with van der Waals surface area (Å²) in [4.78, 5) is 17.6. The molecule has 1 amide bonds. The average molecular weight is 409 g/mol. The van der Waals surface area contributed by atoms with Gasteiger partial charge in [-0.3, -0.25) is 4.79 Å². The van der Waals surface area contributed by atoms with Crippen LogP contribution in [0.2, 0.25) is 0 Å². The van der Waals surface area contributed by atoms with Crippen LogP contribution in [0.3, 0.4) is 0 Å². The molecule has 2 aromatic carbocycles. The fourth-order valence-electron chi connectivity index (χ4n) is 2.92. The van der Waals surface area contributed by atoms with Gasteiger partial charge in [0.1, 0.15) is 5.75 Å². The lowest BCUT2D eigenvalue weighted by molar-refractivity contribution is 0.0989. The van der Waals surface area contributed by atoms with E-state index in [0.29, 0.717) is 23.7 Å². The Morgan fingerprint density at radius 1 is 1.17 bits per heavy atom. The minimum atomic E-state index is -0.458. The van der Waals surface area contributed by atoms with Crippen molar-refractivity contribution in [2.24, 2.45) is 4.99 Å². The molecule has 2 heterocycles. The molecule has 0 N–H and O–H groups in total. The maximum atomic E-state index is 12.7. The van der Waals surface area contributed by atoms with E-state index in [0.717, 1.165) is 21.5 Å². The number of carbonyl (C=O) groups excluding carboxylic acids is 1. The van der Waals surface area contributed by atoms with Gasteiger partial charge in [-0.2, -0.15) is 4.99 Å². The Labute approximate surface area is 170 Å². The van der Waals surface area contributed by atoms with Crippen molar-refractivity contribution in [2.45, 2.75) is 6.54 Å². The molecule has 0 bridgehead atoms. The largest absolute Gasteiger partial charge is 0.497 e. The summed E-state index contributed by atoms with van der Waals surface area (Å²) in [6.45, 7) is 1.07. The topological polar surface area (TPSA) is 78.9 Å². The molecule has 148 valence electrons. The molecule has 0 unspecified atom stereocenters. The molecule has 0 saturated heterocycles. The van der Waals surface area contributed by atoms with Gasteiger partial charge in [0.05, 0.1) is 23.9 Å². The molecule has 0 aliphatic heterocycles. The zero-order valence-corrected chi connectivity index (χ0v) is 16.8. The van der Waals surface area contributed by atoms with Crippen LogP contribution >= 0.6 is 11.3 Å². The van der Waals surface area contributed by atoms with E-state index in [-0.39, 0.29) is 5.69 Å². The Morgan fingerprint density at radius 3 is 2.76 bits per heavy atom. The predicted molar refractivity (Wildman–Crippen MR) is 110 cm³/mol. The van der Waals surface area contributed by atoms with Gasteiger partial charge in [0.2, 0.25) is 0 Å². The molecule has 4 rings (SSSR count). The molecular weight excluding hydrogens is 390 g/mol. The summed E-state index contributed by atoms with van der Waals surface area (Å²) in [5.74, 6) is 0.817. The number of amides is 1. The van der Waals surface area contributed by atoms with Gasteiger partial charge in [-0.05, 0) is 18.2 Å². The molecule has 29 heavy (non-hydrogen) atoms. The van der Waals surface area contributed by atoms with Gasteiger partial charge < -0.3 is 18.6 Å². The molecule has 0 aliphatic carbocycles. The van der Waals surface area contributed by atoms with Crippen LogP contribution in [0.1, 0.15) is 10.5 Å². The smallest absolute Gasteiger partial charge is 0.301 e. The van der Waals surface area contributed by atoms with Crippen molar-refractivity contribution >= 4 is 27.5 Å². The Balaban J connectivity index is 1.73. The second-order valence-electron chi connectivity index (χ2n) is 6.22. The van der Waals surface area contributed by atoms with Gasteiger partial charge >= 0.3 is 5.91 Å². The lowest BCUT2D eigenvalue weighted by Crippen LogP contribution is -2.19. The van der Waals surface area contributed by atoms with E-state index in [1.165, 1.54) is 11.3 Å². The SMILES string of the molecule is COCCn1c(=NC(=O)c2cc(-c3ccccc3)on2)sc2cc(OC)ccc21. The Hall–Kier alpha value is -3.23. The van der Waals surface area contributed by atoms with Crippen LogP contribution in [0.5, 0.6) is 5.75 Å². The lowest BCUT2D eigenvalue weighted by atomic mass is 10.1. The normalized spacial score (nSPS) is 11.9. The summed E-state index contributed by atoms with van der Waals surface area (Å²) in [5, 5.41) is 3.89. The second kappa shape index (κ2) is 8.42. The van der Waals surface area contributed by atoms with Gasteiger partial charge in [-0.1, -0.05) is 46.8 Å². The molecule has 0 fully saturated rings. The zero-order chi connectivity index (χ0) is 20.2. The first-order valence-corrected chi connectivity index (χ1v) is 9.79. The Bertz CT molecular complexity index is 1210. The molecule has 8 heteroatoms. The highest BCUT2D eigenvalue weighted by Gasteiger charge is 2.15. The van der Waals surface area contributed by atoms with Crippen LogP contribution in [0.4, 0.5) is 0 Å². The number of fused-ring (bicyclic) bond motifs is 1. The number of nitrogens with zero attached hydrogens (tertiary/aromatic N) is 3. The molecule has 0 saturated carbocycles. The molecule has 7 nitrogen and oxygen atoms in total. The van der Waals surface area contributed by atoms with Crippen molar-refractivity contribution < 1.29 is 18.8 Å². The number of ether oxygens (including phenoxy) is 2. The lowest BCUT2D eigenvalue weighted by Gasteiger charge is -2.04. The highest BCUT2D eigenvalue weighted by atomic mass is 32.1. The van der Waals surface area contributed by atoms with Crippen LogP contribution in [0.15, 0.2) is 64.1 Å². The van der Waals surface area contributed by atoms with E-state index in [1.54, 1.807) is 20.3 Å². The number of carbonyl (C=O) groups is 1. The molecule has 0 radical (unpaired) electrons. The standard InChI is InChI=1S/C21H19N3O4S/c1-26-11-10-24-17-9-8-15(27-2)12-19(17)29-21(24)22-20(25)16-13-18(28-23-16)14-6-4-3-5-7-14/h3-9,12-13H,10-11H2,1-2H3. The maximum Gasteiger partial charge on any atom is 0.301 e. The first-order chi connectivity index (χ1) is 14.2. The van der Waals surface area contributed by atoms with Gasteiger partial charge in [-0.25, -0.2) is 0 Å². The average Bonchev–Trinajstić information content (AvgIpc) is 3.37. The number of benzene rings is 2. The summed E-state index contributed by atoms with van der Waals surface area (Å²) in [6, 6.07) is 16.9. The predicted octanol–water partition coefficient (Wildman–Crippen LogP) is 3.75. The van der Waals surface area contributed by atoms with E-state index in [4.69, 9.17) is 14.0 Å². The number of hydrogen-bond donors (Lipinski definition) is 0. The van der Waals surface area contributed by atoms with Crippen LogP contribution in [-0.4, -0.2) is 36.5 Å². The summed E-state index contributed by atoms with van der Waals surface area (Å²) in [7, 11) is 3.26. The van der Waals surface area contributed by atoms with Crippen molar-refractivity contribution in [1.82, 2.24) is 9.72 Å². The highest BCUT2D eigenvalue weighted by Crippen LogP contribution is 2.24. The first-order valence-electron chi connectivity index (χ1n) is 8.97. The third-order valence-electron chi connectivity index (χ3n) is 4.39. The van der Waals surface area contributed by atoms with E-state index in [2.05, 4.69) is 10.1 Å². The van der Waals surface area contributed by atoms with E-state index in [1.807, 2.05) is 53.1 Å². The van der Waals surface area contributed by atoms with Crippen LogP contribution in [-0.2, 0) is 11.3 Å². The third-order valence-corrected chi connectivity index (χ3v) is 5.43. The third kappa shape index (κ3) is 3.98. The zero-order valence-electron chi connectivity index (χ0n) is 16.0. The molecule has 2 aromatic heterocycles. The van der Waals surface area contributed by atoms with Crippen molar-refractivity contribution in [2.75, 3.05) is 20.8 Å². The van der Waals surface area contributed by atoms with Crippen LogP contribution < -0.4 is 9.54 Å². The summed E-state index contributed by atoms with van der Waals surface area (Å²) in [6.07, 6.45) is 0. The number of hydrogen-bond acceptors (Lipinski definition) is 6. The molecule has 0 atom stereocenters. The van der Waals surface area contributed by atoms with Crippen molar-refractivity contribution in [3.63, 3.8) is 0 Å². The summed E-state index contributed by atoms with van der Waals surface area (Å²) in [5.41, 5.74) is 1.98. The minimum Gasteiger partial charge on any atom is -0.497 e. The molecule has 0 aliphatic rings. The van der Waals surface area contributed by atoms with E-state index in [9.17, 15) is 4.79 Å². The fraction of sp³-hybridized carbons (Fsp3) is 0.190. The number of thiazole rings is 1. The van der Waals surface area contributed by atoms with E-state index < -0.39 is 5.91 Å². The highest BCUT2D eigenvalue weighted by molar-refractivity contribution is 7.16. The quantitative estimate of drug-likeness (QED) is 0.485. The van der Waals surface area contributed by atoms with Crippen molar-refractivity contribution in [1.29, 1.82) is 0 Å². The minimum absolute atomic E-state index is 0.164. The van der Waals surface area contributed by atoms with E-state index >= 15 is 0 Å².